The van der Waals surface area contributed by atoms with Gasteiger partial charge in [0.25, 0.3) is 0 Å². The number of benzene rings is 3. The highest BCUT2D eigenvalue weighted by atomic mass is 19.4. The zero-order valence-electron chi connectivity index (χ0n) is 28.3. The van der Waals surface area contributed by atoms with E-state index in [0.29, 0.717) is 34.2 Å². The zero-order valence-corrected chi connectivity index (χ0v) is 28.3. The molecule has 266 valence electrons. The van der Waals surface area contributed by atoms with Gasteiger partial charge in [-0.25, -0.2) is 23.7 Å². The highest BCUT2D eigenvalue weighted by Gasteiger charge is 2.35. The minimum absolute atomic E-state index is 0.0330. The van der Waals surface area contributed by atoms with Crippen LogP contribution in [0.1, 0.15) is 27.8 Å². The van der Waals surface area contributed by atoms with E-state index in [1.165, 1.54) is 32.2 Å². The number of alkyl halides is 3. The first-order chi connectivity index (χ1) is 25.6. The molecule has 0 saturated carbocycles. The van der Waals surface area contributed by atoms with Crippen molar-refractivity contribution in [1.82, 2.24) is 19.9 Å². The number of ether oxygens (including phenoxy) is 3. The third-order valence-corrected chi connectivity index (χ3v) is 8.52. The SMILES string of the molecule is Cc1c(Oc2ncc(C(F)(F)F)c(C)c2-c2cc(OCc3ccccc3)c3c(-c4ccnc(OCc5ccccc5)c4)nccc3n2)ccc(F)c1F. The van der Waals surface area contributed by atoms with Crippen LogP contribution in [0.4, 0.5) is 22.0 Å². The summed E-state index contributed by atoms with van der Waals surface area (Å²) in [7, 11) is 0. The summed E-state index contributed by atoms with van der Waals surface area (Å²) in [6, 6.07) is 27.6. The number of pyridine rings is 4. The molecule has 4 aromatic heterocycles. The van der Waals surface area contributed by atoms with E-state index in [0.717, 1.165) is 17.2 Å². The molecule has 0 N–H and O–H groups in total. The van der Waals surface area contributed by atoms with Crippen LogP contribution in [0.3, 0.4) is 0 Å². The van der Waals surface area contributed by atoms with Crippen molar-refractivity contribution in [1.29, 1.82) is 0 Å². The molecule has 0 radical (unpaired) electrons. The van der Waals surface area contributed by atoms with Crippen LogP contribution >= 0.6 is 0 Å². The first kappa shape index (κ1) is 35.0. The van der Waals surface area contributed by atoms with Crippen molar-refractivity contribution in [3.05, 3.63) is 155 Å². The lowest BCUT2D eigenvalue weighted by Crippen LogP contribution is -2.11. The zero-order chi connectivity index (χ0) is 37.1. The first-order valence-corrected chi connectivity index (χ1v) is 16.4. The van der Waals surface area contributed by atoms with Gasteiger partial charge in [0, 0.05) is 41.9 Å². The lowest BCUT2D eigenvalue weighted by Gasteiger charge is -2.19. The van der Waals surface area contributed by atoms with Crippen LogP contribution in [0.5, 0.6) is 23.3 Å². The van der Waals surface area contributed by atoms with Crippen molar-refractivity contribution < 1.29 is 36.2 Å². The highest BCUT2D eigenvalue weighted by Crippen LogP contribution is 2.44. The molecule has 12 heteroatoms. The molecule has 3 aromatic carbocycles. The van der Waals surface area contributed by atoms with Crippen molar-refractivity contribution >= 4 is 10.9 Å². The average molecular weight is 721 g/mol. The van der Waals surface area contributed by atoms with Crippen molar-refractivity contribution in [3.63, 3.8) is 0 Å². The second-order valence-electron chi connectivity index (χ2n) is 12.1. The maximum Gasteiger partial charge on any atom is 0.418 e. The predicted octanol–water partition coefficient (Wildman–Crippen LogP) is 10.6. The van der Waals surface area contributed by atoms with Gasteiger partial charge in [0.15, 0.2) is 11.6 Å². The molecule has 0 aliphatic carbocycles. The number of halogens is 5. The summed E-state index contributed by atoms with van der Waals surface area (Å²) in [6.45, 7) is 2.95. The highest BCUT2D eigenvalue weighted by molar-refractivity contribution is 5.98. The van der Waals surface area contributed by atoms with Gasteiger partial charge in [-0.15, -0.1) is 0 Å². The largest absolute Gasteiger partial charge is 0.488 e. The molecule has 7 nitrogen and oxygen atoms in total. The standard InChI is InChI=1S/C41H29F5N4O3/c1-24-29(41(44,45)46)21-49-40(53-33-14-13-30(42)38(43)25(33)2)36(24)32-20-34(51-22-26-9-5-3-6-10-26)37-31(50-32)16-18-48-39(37)28-15-17-47-35(19-28)52-23-27-11-7-4-8-12-27/h3-21H,22-23H2,1-2H3. The van der Waals surface area contributed by atoms with Crippen LogP contribution in [0.25, 0.3) is 33.4 Å². The maximum atomic E-state index is 14.5. The van der Waals surface area contributed by atoms with E-state index in [4.69, 9.17) is 19.2 Å². The maximum absolute atomic E-state index is 14.5. The van der Waals surface area contributed by atoms with E-state index < -0.39 is 23.4 Å². The lowest BCUT2D eigenvalue weighted by atomic mass is 9.99. The second-order valence-corrected chi connectivity index (χ2v) is 12.1. The molecule has 53 heavy (non-hydrogen) atoms. The number of hydrogen-bond acceptors (Lipinski definition) is 7. The van der Waals surface area contributed by atoms with Gasteiger partial charge >= 0.3 is 6.18 Å². The van der Waals surface area contributed by atoms with E-state index in [-0.39, 0.29) is 53.0 Å². The Balaban J connectivity index is 1.39. The third kappa shape index (κ3) is 7.48. The van der Waals surface area contributed by atoms with Gasteiger partial charge in [-0.3, -0.25) is 4.98 Å². The van der Waals surface area contributed by atoms with Gasteiger partial charge in [0.05, 0.1) is 33.4 Å². The minimum Gasteiger partial charge on any atom is -0.488 e. The molecular weight excluding hydrogens is 691 g/mol. The molecule has 7 rings (SSSR count). The van der Waals surface area contributed by atoms with E-state index in [1.807, 2.05) is 60.7 Å². The summed E-state index contributed by atoms with van der Waals surface area (Å²) in [5, 5.41) is 0.476. The molecule has 0 aliphatic rings. The number of fused-ring (bicyclic) bond motifs is 1. The van der Waals surface area contributed by atoms with E-state index >= 15 is 0 Å². The van der Waals surface area contributed by atoms with E-state index in [2.05, 4.69) is 15.0 Å². The van der Waals surface area contributed by atoms with E-state index in [9.17, 15) is 22.0 Å². The Morgan fingerprint density at radius 3 is 2.06 bits per heavy atom. The normalized spacial score (nSPS) is 11.5. The number of hydrogen-bond donors (Lipinski definition) is 0. The van der Waals surface area contributed by atoms with Crippen LogP contribution in [-0.2, 0) is 19.4 Å². The van der Waals surface area contributed by atoms with Gasteiger partial charge in [0.1, 0.15) is 24.7 Å². The summed E-state index contributed by atoms with van der Waals surface area (Å²) in [5.41, 5.74) is 1.68. The smallest absolute Gasteiger partial charge is 0.418 e. The Hall–Kier alpha value is -6.43. The van der Waals surface area contributed by atoms with Crippen LogP contribution in [0.2, 0.25) is 0 Å². The molecule has 0 aliphatic heterocycles. The molecule has 0 atom stereocenters. The van der Waals surface area contributed by atoms with Gasteiger partial charge in [-0.1, -0.05) is 60.7 Å². The first-order valence-electron chi connectivity index (χ1n) is 16.4. The molecule has 0 saturated heterocycles. The Labute approximate surface area is 300 Å². The Kier molecular flexibility index (Phi) is 9.68. The van der Waals surface area contributed by atoms with Gasteiger partial charge in [-0.05, 0) is 54.8 Å². The topological polar surface area (TPSA) is 79.2 Å². The molecule has 0 unspecified atom stereocenters. The average Bonchev–Trinajstić information content (AvgIpc) is 3.16. The molecule has 4 heterocycles. The van der Waals surface area contributed by atoms with Crippen LogP contribution in [-0.4, -0.2) is 19.9 Å². The Morgan fingerprint density at radius 2 is 1.36 bits per heavy atom. The molecule has 0 fully saturated rings. The summed E-state index contributed by atoms with van der Waals surface area (Å²) in [5.74, 6) is -2.08. The minimum atomic E-state index is -4.77. The summed E-state index contributed by atoms with van der Waals surface area (Å²) in [4.78, 5) is 17.8. The van der Waals surface area contributed by atoms with Gasteiger partial charge in [-0.2, -0.15) is 13.2 Å². The van der Waals surface area contributed by atoms with Crippen molar-refractivity contribution in [3.8, 4) is 45.8 Å². The van der Waals surface area contributed by atoms with Crippen molar-refractivity contribution in [2.45, 2.75) is 33.2 Å². The Morgan fingerprint density at radius 1 is 0.679 bits per heavy atom. The fraction of sp³-hybridized carbons (Fsp3) is 0.122. The van der Waals surface area contributed by atoms with Gasteiger partial charge in [0.2, 0.25) is 11.8 Å². The molecule has 7 aromatic rings. The Bertz CT molecular complexity index is 2430. The summed E-state index contributed by atoms with van der Waals surface area (Å²) < 4.78 is 89.6. The van der Waals surface area contributed by atoms with Crippen LogP contribution < -0.4 is 14.2 Å². The van der Waals surface area contributed by atoms with Gasteiger partial charge < -0.3 is 14.2 Å². The second kappa shape index (κ2) is 14.7. The fourth-order valence-electron chi connectivity index (χ4n) is 5.80. The molecule has 0 bridgehead atoms. The predicted molar refractivity (Wildman–Crippen MR) is 188 cm³/mol. The summed E-state index contributed by atoms with van der Waals surface area (Å²) in [6.07, 6.45) is -1.02. The summed E-state index contributed by atoms with van der Waals surface area (Å²) >= 11 is 0. The third-order valence-electron chi connectivity index (χ3n) is 8.52. The van der Waals surface area contributed by atoms with Crippen LogP contribution in [0.15, 0.2) is 116 Å². The van der Waals surface area contributed by atoms with Crippen LogP contribution in [0, 0.1) is 25.5 Å². The van der Waals surface area contributed by atoms with Crippen molar-refractivity contribution in [2.24, 2.45) is 0 Å². The quantitative estimate of drug-likeness (QED) is 0.130. The molecule has 0 spiro atoms. The monoisotopic (exact) mass is 720 g/mol. The fourth-order valence-corrected chi connectivity index (χ4v) is 5.80. The van der Waals surface area contributed by atoms with E-state index in [1.54, 1.807) is 24.4 Å². The lowest BCUT2D eigenvalue weighted by molar-refractivity contribution is -0.138. The number of aromatic nitrogens is 4. The molecule has 0 amide bonds. The number of nitrogens with zero attached hydrogens (tertiary/aromatic N) is 4. The molecular formula is C41H29F5N4O3. The number of rotatable bonds is 10. The van der Waals surface area contributed by atoms with Crippen molar-refractivity contribution in [2.75, 3.05) is 0 Å².